The molecule has 3 heterocycles. The third-order valence-corrected chi connectivity index (χ3v) is 4.39. The van der Waals surface area contributed by atoms with E-state index in [0.29, 0.717) is 35.7 Å². The van der Waals surface area contributed by atoms with Crippen LogP contribution in [-0.2, 0) is 11.4 Å². The number of ether oxygens (including phenoxy) is 1. The summed E-state index contributed by atoms with van der Waals surface area (Å²) in [5.41, 5.74) is 1.18. The first-order chi connectivity index (χ1) is 13.2. The molecule has 1 aliphatic rings. The highest BCUT2D eigenvalue weighted by atomic mass is 35.5. The summed E-state index contributed by atoms with van der Waals surface area (Å²) >= 11 is 5.95. The Bertz CT molecular complexity index is 910. The van der Waals surface area contributed by atoms with Crippen molar-refractivity contribution in [3.05, 3.63) is 53.3 Å². The molecule has 0 bridgehead atoms. The van der Waals surface area contributed by atoms with Crippen molar-refractivity contribution in [1.82, 2.24) is 19.7 Å². The van der Waals surface area contributed by atoms with Crippen LogP contribution in [0.3, 0.4) is 0 Å². The topological polar surface area (TPSA) is 68.1 Å². The van der Waals surface area contributed by atoms with Gasteiger partial charge in [-0.25, -0.2) is 9.07 Å². The molecule has 9 heteroatoms. The number of halogens is 2. The van der Waals surface area contributed by atoms with E-state index in [0.717, 1.165) is 24.6 Å². The number of anilines is 3. The summed E-state index contributed by atoms with van der Waals surface area (Å²) < 4.78 is 19.8. The van der Waals surface area contributed by atoms with Crippen LogP contribution < -0.4 is 10.2 Å². The average molecular weight is 389 g/mol. The fourth-order valence-corrected chi connectivity index (χ4v) is 2.89. The minimum atomic E-state index is -0.633. The third-order valence-electron chi connectivity index (χ3n) is 4.14. The van der Waals surface area contributed by atoms with Gasteiger partial charge in [-0.3, -0.25) is 0 Å². The van der Waals surface area contributed by atoms with Crippen LogP contribution in [0, 0.1) is 0 Å². The maximum Gasteiger partial charge on any atom is 0.254 e. The molecule has 3 aromatic rings. The number of morpholine rings is 1. The zero-order valence-corrected chi connectivity index (χ0v) is 15.2. The van der Waals surface area contributed by atoms with Crippen molar-refractivity contribution in [2.45, 2.75) is 6.67 Å². The number of hydrogen-bond donors (Lipinski definition) is 1. The van der Waals surface area contributed by atoms with E-state index in [1.165, 1.54) is 4.68 Å². The average Bonchev–Trinajstić information content (AvgIpc) is 3.20. The summed E-state index contributed by atoms with van der Waals surface area (Å²) in [5, 5.41) is 8.09. The lowest BCUT2D eigenvalue weighted by atomic mass is 10.3. The first kappa shape index (κ1) is 17.7. The van der Waals surface area contributed by atoms with Crippen LogP contribution in [0.4, 0.5) is 21.7 Å². The first-order valence-electron chi connectivity index (χ1n) is 8.56. The molecule has 1 fully saturated rings. The Kier molecular flexibility index (Phi) is 5.17. The number of benzene rings is 1. The van der Waals surface area contributed by atoms with Crippen LogP contribution in [0.15, 0.2) is 42.6 Å². The third kappa shape index (κ3) is 4.17. The zero-order valence-electron chi connectivity index (χ0n) is 14.5. The molecule has 1 aromatic carbocycles. The van der Waals surface area contributed by atoms with Crippen LogP contribution >= 0.6 is 11.6 Å². The molecule has 0 saturated carbocycles. The van der Waals surface area contributed by atoms with Crippen LogP contribution in [0.25, 0.3) is 5.95 Å². The first-order valence-corrected chi connectivity index (χ1v) is 8.94. The molecule has 0 spiro atoms. The predicted octanol–water partition coefficient (Wildman–Crippen LogP) is 3.37. The lowest BCUT2D eigenvalue weighted by Crippen LogP contribution is -2.37. The summed E-state index contributed by atoms with van der Waals surface area (Å²) in [5.74, 6) is 1.74. The van der Waals surface area contributed by atoms with E-state index < -0.39 is 6.67 Å². The Labute approximate surface area is 160 Å². The van der Waals surface area contributed by atoms with E-state index in [2.05, 4.69) is 25.3 Å². The Hall–Kier alpha value is -2.71. The molecular weight excluding hydrogens is 371 g/mol. The Morgan fingerprint density at radius 3 is 2.59 bits per heavy atom. The van der Waals surface area contributed by atoms with Gasteiger partial charge in [0.2, 0.25) is 0 Å². The molecule has 1 saturated heterocycles. The highest BCUT2D eigenvalue weighted by molar-refractivity contribution is 6.30. The van der Waals surface area contributed by atoms with Crippen molar-refractivity contribution in [3.8, 4) is 5.95 Å². The van der Waals surface area contributed by atoms with Crippen molar-refractivity contribution in [2.24, 2.45) is 0 Å². The van der Waals surface area contributed by atoms with Gasteiger partial charge in [0.25, 0.3) is 5.95 Å². The lowest BCUT2D eigenvalue weighted by Gasteiger charge is -2.28. The number of rotatable bonds is 5. The van der Waals surface area contributed by atoms with Gasteiger partial charge in [-0.2, -0.15) is 15.1 Å². The van der Waals surface area contributed by atoms with Crippen molar-refractivity contribution in [1.29, 1.82) is 0 Å². The van der Waals surface area contributed by atoms with Gasteiger partial charge in [-0.1, -0.05) is 11.6 Å². The van der Waals surface area contributed by atoms with E-state index in [4.69, 9.17) is 16.3 Å². The maximum absolute atomic E-state index is 12.9. The fourth-order valence-electron chi connectivity index (χ4n) is 2.77. The smallest absolute Gasteiger partial charge is 0.254 e. The van der Waals surface area contributed by atoms with Crippen molar-refractivity contribution >= 4 is 28.9 Å². The molecule has 2 aromatic heterocycles. The molecule has 0 radical (unpaired) electrons. The lowest BCUT2D eigenvalue weighted by molar-refractivity contribution is 0.122. The summed E-state index contributed by atoms with van der Waals surface area (Å²) in [6.45, 7) is 2.14. The minimum Gasteiger partial charge on any atom is -0.378 e. The van der Waals surface area contributed by atoms with E-state index in [-0.39, 0.29) is 0 Å². The van der Waals surface area contributed by atoms with E-state index >= 15 is 0 Å². The molecule has 0 unspecified atom stereocenters. The van der Waals surface area contributed by atoms with Crippen molar-refractivity contribution in [2.75, 3.05) is 36.5 Å². The van der Waals surface area contributed by atoms with Crippen LogP contribution in [0.5, 0.6) is 0 Å². The van der Waals surface area contributed by atoms with Gasteiger partial charge in [0.1, 0.15) is 18.3 Å². The molecule has 1 N–H and O–H groups in total. The Balaban J connectivity index is 1.69. The summed E-state index contributed by atoms with van der Waals surface area (Å²) in [6, 6.07) is 10.8. The van der Waals surface area contributed by atoms with Crippen molar-refractivity contribution < 1.29 is 9.13 Å². The second-order valence-electron chi connectivity index (χ2n) is 6.03. The van der Waals surface area contributed by atoms with E-state index in [9.17, 15) is 4.39 Å². The van der Waals surface area contributed by atoms with Crippen LogP contribution in [0.2, 0.25) is 5.02 Å². The number of nitrogens with zero attached hydrogens (tertiary/aromatic N) is 5. The van der Waals surface area contributed by atoms with Gasteiger partial charge in [0.15, 0.2) is 0 Å². The maximum atomic E-state index is 12.9. The predicted molar refractivity (Wildman–Crippen MR) is 102 cm³/mol. The molecular formula is C18H18ClFN6O. The van der Waals surface area contributed by atoms with Gasteiger partial charge < -0.3 is 15.0 Å². The normalized spacial score (nSPS) is 14.4. The van der Waals surface area contributed by atoms with Gasteiger partial charge in [0.05, 0.1) is 18.9 Å². The highest BCUT2D eigenvalue weighted by Gasteiger charge is 2.16. The molecule has 0 aliphatic carbocycles. The van der Waals surface area contributed by atoms with Gasteiger partial charge in [-0.05, 0) is 30.3 Å². The largest absolute Gasteiger partial charge is 0.378 e. The molecule has 27 heavy (non-hydrogen) atoms. The Morgan fingerprint density at radius 1 is 1.11 bits per heavy atom. The summed E-state index contributed by atoms with van der Waals surface area (Å²) in [6.07, 6.45) is 1.65. The van der Waals surface area contributed by atoms with Gasteiger partial charge >= 0.3 is 0 Å². The quantitative estimate of drug-likeness (QED) is 0.722. The second-order valence-corrected chi connectivity index (χ2v) is 6.46. The SMILES string of the molecule is FCc1ccn(-c2nc(Nc3ccc(Cl)cc3)cc(N3CCOCC3)n2)n1. The molecule has 4 rings (SSSR count). The number of aromatic nitrogens is 4. The zero-order chi connectivity index (χ0) is 18.6. The molecule has 0 amide bonds. The number of alkyl halides is 1. The van der Waals surface area contributed by atoms with Gasteiger partial charge in [0, 0.05) is 36.1 Å². The number of hydrogen-bond acceptors (Lipinski definition) is 6. The van der Waals surface area contributed by atoms with Crippen LogP contribution in [-0.4, -0.2) is 46.1 Å². The monoisotopic (exact) mass is 388 g/mol. The summed E-state index contributed by atoms with van der Waals surface area (Å²) in [4.78, 5) is 11.3. The van der Waals surface area contributed by atoms with E-state index in [1.807, 2.05) is 18.2 Å². The summed E-state index contributed by atoms with van der Waals surface area (Å²) in [7, 11) is 0. The van der Waals surface area contributed by atoms with Crippen molar-refractivity contribution in [3.63, 3.8) is 0 Å². The molecule has 140 valence electrons. The van der Waals surface area contributed by atoms with E-state index in [1.54, 1.807) is 24.4 Å². The number of nitrogens with one attached hydrogen (secondary N) is 1. The molecule has 1 aliphatic heterocycles. The highest BCUT2D eigenvalue weighted by Crippen LogP contribution is 2.23. The standard InChI is InChI=1S/C18H18ClFN6O/c19-13-1-3-14(4-2-13)21-16-11-17(25-7-9-27-10-8-25)23-18(22-16)26-6-5-15(12-20)24-26/h1-6,11H,7-10,12H2,(H,21,22,23). The second kappa shape index (κ2) is 7.89. The fraction of sp³-hybridized carbons (Fsp3) is 0.278. The minimum absolute atomic E-state index is 0.336. The van der Waals surface area contributed by atoms with Crippen LogP contribution in [0.1, 0.15) is 5.69 Å². The van der Waals surface area contributed by atoms with Gasteiger partial charge in [-0.15, -0.1) is 0 Å². The molecule has 0 atom stereocenters. The Morgan fingerprint density at radius 2 is 1.89 bits per heavy atom. The molecule has 7 nitrogen and oxygen atoms in total.